The average molecular weight is 381 g/mol. The summed E-state index contributed by atoms with van der Waals surface area (Å²) in [7, 11) is 0. The van der Waals surface area contributed by atoms with E-state index in [2.05, 4.69) is 27.6 Å². The molecule has 4 aromatic rings. The van der Waals surface area contributed by atoms with Crippen molar-refractivity contribution < 1.29 is 14.2 Å². The van der Waals surface area contributed by atoms with Crippen LogP contribution in [-0.4, -0.2) is 10.2 Å². The van der Waals surface area contributed by atoms with E-state index in [0.29, 0.717) is 16.8 Å². The van der Waals surface area contributed by atoms with Crippen LogP contribution in [0.5, 0.6) is 0 Å². The highest BCUT2D eigenvalue weighted by molar-refractivity contribution is 6.30. The van der Waals surface area contributed by atoms with Gasteiger partial charge in [-0.25, -0.2) is 0 Å². The molecule has 136 valence electrons. The second-order valence-corrected chi connectivity index (χ2v) is 6.78. The van der Waals surface area contributed by atoms with Crippen molar-refractivity contribution in [2.45, 2.75) is 19.0 Å². The predicted molar refractivity (Wildman–Crippen MR) is 102 cm³/mol. The van der Waals surface area contributed by atoms with Crippen molar-refractivity contribution in [1.82, 2.24) is 10.2 Å². The third kappa shape index (κ3) is 3.94. The van der Waals surface area contributed by atoms with E-state index in [1.165, 1.54) is 0 Å². The maximum atomic E-state index is 6.05. The zero-order chi connectivity index (χ0) is 18.6. The van der Waals surface area contributed by atoms with Gasteiger partial charge in [0.15, 0.2) is 17.8 Å². The molecule has 0 aliphatic rings. The van der Waals surface area contributed by atoms with Gasteiger partial charge in [0.1, 0.15) is 0 Å². The summed E-state index contributed by atoms with van der Waals surface area (Å²) >= 11 is 6.05. The third-order valence-corrected chi connectivity index (χ3v) is 4.63. The molecule has 0 unspecified atom stereocenters. The van der Waals surface area contributed by atoms with Gasteiger partial charge >= 0.3 is 0 Å². The molecule has 0 spiro atoms. The molecular formula is C21H19ClN3O2+. The number of hydrogen-bond acceptors (Lipinski definition) is 4. The van der Waals surface area contributed by atoms with E-state index in [9.17, 15) is 0 Å². The molecule has 2 atom stereocenters. The first-order chi connectivity index (χ1) is 13.2. The van der Waals surface area contributed by atoms with E-state index < -0.39 is 0 Å². The maximum Gasteiger partial charge on any atom is 0.274 e. The lowest BCUT2D eigenvalue weighted by atomic mass is 10.0. The molecule has 2 aromatic heterocycles. The van der Waals surface area contributed by atoms with E-state index in [1.54, 1.807) is 6.26 Å². The number of nitrogens with zero attached hydrogens (tertiary/aromatic N) is 2. The first kappa shape index (κ1) is 17.5. The van der Waals surface area contributed by atoms with Crippen LogP contribution in [0.3, 0.4) is 0 Å². The maximum absolute atomic E-state index is 6.05. The molecule has 0 fully saturated rings. The fraction of sp³-hybridized carbons (Fsp3) is 0.143. The summed E-state index contributed by atoms with van der Waals surface area (Å²) in [6, 6.07) is 21.4. The lowest BCUT2D eigenvalue weighted by molar-refractivity contribution is -0.727. The van der Waals surface area contributed by atoms with Crippen LogP contribution >= 0.6 is 11.6 Å². The number of aromatic nitrogens is 2. The van der Waals surface area contributed by atoms with E-state index >= 15 is 0 Å². The van der Waals surface area contributed by atoms with Crippen molar-refractivity contribution in [2.75, 3.05) is 0 Å². The van der Waals surface area contributed by atoms with Gasteiger partial charge in [-0.2, -0.15) is 0 Å². The Labute approximate surface area is 162 Å². The van der Waals surface area contributed by atoms with E-state index in [-0.39, 0.29) is 12.1 Å². The van der Waals surface area contributed by atoms with Crippen molar-refractivity contribution in [2.24, 2.45) is 0 Å². The quantitative estimate of drug-likeness (QED) is 0.538. The Morgan fingerprint density at radius 3 is 2.56 bits per heavy atom. The van der Waals surface area contributed by atoms with Gasteiger partial charge in [-0.3, -0.25) is 0 Å². The number of furan rings is 1. The number of hydrogen-bond donors (Lipinski definition) is 1. The smallest absolute Gasteiger partial charge is 0.274 e. The molecule has 0 aliphatic carbocycles. The summed E-state index contributed by atoms with van der Waals surface area (Å²) in [5, 5.41) is 11.2. The first-order valence-electron chi connectivity index (χ1n) is 8.73. The lowest BCUT2D eigenvalue weighted by Crippen LogP contribution is -2.85. The Morgan fingerprint density at radius 1 is 0.963 bits per heavy atom. The normalized spacial score (nSPS) is 13.4. The highest BCUT2D eigenvalue weighted by Gasteiger charge is 2.26. The number of benzene rings is 2. The second-order valence-electron chi connectivity index (χ2n) is 6.34. The first-order valence-corrected chi connectivity index (χ1v) is 9.11. The minimum absolute atomic E-state index is 0.00211. The average Bonchev–Trinajstić information content (AvgIpc) is 3.39. The molecule has 0 amide bonds. The van der Waals surface area contributed by atoms with Crippen LogP contribution < -0.4 is 5.32 Å². The van der Waals surface area contributed by atoms with Crippen LogP contribution in [0.2, 0.25) is 5.02 Å². The summed E-state index contributed by atoms with van der Waals surface area (Å²) in [6.45, 7) is 2.04. The van der Waals surface area contributed by atoms with Gasteiger partial charge in [0.2, 0.25) is 5.89 Å². The molecule has 27 heavy (non-hydrogen) atoms. The summed E-state index contributed by atoms with van der Waals surface area (Å²) in [5.74, 6) is 1.89. The molecule has 2 aromatic carbocycles. The molecule has 4 rings (SSSR count). The third-order valence-electron chi connectivity index (χ3n) is 4.39. The van der Waals surface area contributed by atoms with Crippen molar-refractivity contribution in [3.8, 4) is 11.5 Å². The Morgan fingerprint density at radius 2 is 1.81 bits per heavy atom. The fourth-order valence-corrected chi connectivity index (χ4v) is 3.22. The minimum atomic E-state index is -0.0549. The zero-order valence-electron chi connectivity index (χ0n) is 14.7. The SMILES string of the molecule is C[C@H]([NH2+][C@@H](c1ccccc1)c1ccco1)c1nnc(-c2cccc(Cl)c2)o1. The topological polar surface area (TPSA) is 68.7 Å². The number of nitrogens with two attached hydrogens (primary N) is 1. The highest BCUT2D eigenvalue weighted by Crippen LogP contribution is 2.24. The van der Waals surface area contributed by atoms with Crippen molar-refractivity contribution in [1.29, 1.82) is 0 Å². The Balaban J connectivity index is 1.58. The van der Waals surface area contributed by atoms with Crippen LogP contribution in [0.4, 0.5) is 0 Å². The number of halogens is 1. The summed E-state index contributed by atoms with van der Waals surface area (Å²) in [6.07, 6.45) is 1.69. The predicted octanol–water partition coefficient (Wildman–Crippen LogP) is 4.40. The van der Waals surface area contributed by atoms with Gasteiger partial charge in [0.25, 0.3) is 5.89 Å². The van der Waals surface area contributed by atoms with Crippen LogP contribution in [0.1, 0.15) is 36.2 Å². The van der Waals surface area contributed by atoms with Crippen molar-refractivity contribution in [3.63, 3.8) is 0 Å². The van der Waals surface area contributed by atoms with Crippen LogP contribution in [-0.2, 0) is 0 Å². The van der Waals surface area contributed by atoms with Gasteiger partial charge in [-0.15, -0.1) is 10.2 Å². The van der Waals surface area contributed by atoms with Gasteiger partial charge in [-0.1, -0.05) is 48.0 Å². The van der Waals surface area contributed by atoms with Gasteiger partial charge < -0.3 is 14.2 Å². The molecule has 6 heteroatoms. The standard InChI is InChI=1S/C21H18ClN3O2/c1-14(20-24-25-21(27-20)16-9-5-10-17(22)13-16)23-19(18-11-6-12-26-18)15-7-3-2-4-8-15/h2-14,19,23H,1H3/p+1/t14-,19-/m0/s1. The van der Waals surface area contributed by atoms with Crippen molar-refractivity contribution in [3.05, 3.63) is 95.2 Å². The number of rotatable bonds is 6. The van der Waals surface area contributed by atoms with Gasteiger partial charge in [0, 0.05) is 16.1 Å². The van der Waals surface area contributed by atoms with E-state index in [1.807, 2.05) is 61.5 Å². The van der Waals surface area contributed by atoms with E-state index in [4.69, 9.17) is 20.4 Å². The molecule has 5 nitrogen and oxygen atoms in total. The van der Waals surface area contributed by atoms with Crippen LogP contribution in [0.25, 0.3) is 11.5 Å². The largest absolute Gasteiger partial charge is 0.463 e. The summed E-state index contributed by atoms with van der Waals surface area (Å²) in [4.78, 5) is 0. The zero-order valence-corrected chi connectivity index (χ0v) is 15.5. The van der Waals surface area contributed by atoms with Crippen molar-refractivity contribution >= 4 is 11.6 Å². The molecule has 2 N–H and O–H groups in total. The van der Waals surface area contributed by atoms with Gasteiger partial charge in [0.05, 0.1) is 6.26 Å². The molecule has 0 aliphatic heterocycles. The fourth-order valence-electron chi connectivity index (χ4n) is 3.03. The Bertz CT molecular complexity index is 999. The van der Waals surface area contributed by atoms with Crippen LogP contribution in [0.15, 0.2) is 81.8 Å². The molecule has 0 saturated heterocycles. The molecule has 0 radical (unpaired) electrons. The summed E-state index contributed by atoms with van der Waals surface area (Å²) in [5.41, 5.74) is 1.95. The highest BCUT2D eigenvalue weighted by atomic mass is 35.5. The molecular weight excluding hydrogens is 362 g/mol. The molecule has 0 bridgehead atoms. The summed E-state index contributed by atoms with van der Waals surface area (Å²) < 4.78 is 11.6. The Hall–Kier alpha value is -2.89. The monoisotopic (exact) mass is 380 g/mol. The molecule has 0 saturated carbocycles. The number of quaternary nitrogens is 1. The van der Waals surface area contributed by atoms with E-state index in [0.717, 1.165) is 16.9 Å². The molecule has 2 heterocycles. The second kappa shape index (κ2) is 7.78. The minimum Gasteiger partial charge on any atom is -0.463 e. The lowest BCUT2D eigenvalue weighted by Gasteiger charge is -2.16. The van der Waals surface area contributed by atoms with Gasteiger partial charge in [-0.05, 0) is 37.3 Å². The Kier molecular flexibility index (Phi) is 5.05. The van der Waals surface area contributed by atoms with Crippen LogP contribution in [0, 0.1) is 0 Å².